The molecule has 5 nitrogen and oxygen atoms in total. The average Bonchev–Trinajstić information content (AvgIpc) is 2.41. The molecule has 0 aromatic heterocycles. The van der Waals surface area contributed by atoms with E-state index in [1.165, 1.54) is 0 Å². The first-order valence-electron chi connectivity index (χ1n) is 8.39. The van der Waals surface area contributed by atoms with Crippen LogP contribution in [0.15, 0.2) is 0 Å². The summed E-state index contributed by atoms with van der Waals surface area (Å²) in [6, 6.07) is 0.0899. The quantitative estimate of drug-likeness (QED) is 0.818. The summed E-state index contributed by atoms with van der Waals surface area (Å²) in [6.07, 6.45) is 3.16. The molecule has 1 heterocycles. The number of hydrogen-bond acceptors (Lipinski definition) is 2. The predicted octanol–water partition coefficient (Wildman–Crippen LogP) is 3.34. The Morgan fingerprint density at radius 3 is 2.14 bits per heavy atom. The van der Waals surface area contributed by atoms with Crippen molar-refractivity contribution in [2.45, 2.75) is 66.3 Å². The van der Waals surface area contributed by atoms with Crippen LogP contribution in [0.2, 0.25) is 0 Å². The summed E-state index contributed by atoms with van der Waals surface area (Å²) < 4.78 is 0. The highest BCUT2D eigenvalue weighted by molar-refractivity contribution is 5.75. The molecule has 1 rings (SSSR count). The number of hydrogen-bond donors (Lipinski definition) is 2. The van der Waals surface area contributed by atoms with Crippen molar-refractivity contribution in [1.82, 2.24) is 10.2 Å². The van der Waals surface area contributed by atoms with Gasteiger partial charge in [-0.15, -0.1) is 0 Å². The lowest BCUT2D eigenvalue weighted by Gasteiger charge is -2.36. The molecule has 1 aliphatic rings. The number of likely N-dealkylation sites (tertiary alicyclic amines) is 1. The van der Waals surface area contributed by atoms with Gasteiger partial charge in [0.2, 0.25) is 0 Å². The van der Waals surface area contributed by atoms with Crippen molar-refractivity contribution in [3.63, 3.8) is 0 Å². The van der Waals surface area contributed by atoms with Gasteiger partial charge in [-0.3, -0.25) is 4.79 Å². The van der Waals surface area contributed by atoms with Crippen LogP contribution >= 0.6 is 0 Å². The molecule has 0 bridgehead atoms. The molecule has 2 N–H and O–H groups in total. The van der Waals surface area contributed by atoms with Crippen molar-refractivity contribution < 1.29 is 14.7 Å². The van der Waals surface area contributed by atoms with E-state index in [1.54, 1.807) is 4.90 Å². The summed E-state index contributed by atoms with van der Waals surface area (Å²) in [6.45, 7) is 11.9. The number of aliphatic carboxylic acids is 1. The molecule has 1 unspecified atom stereocenters. The Morgan fingerprint density at radius 1 is 1.18 bits per heavy atom. The molecule has 22 heavy (non-hydrogen) atoms. The molecule has 1 saturated heterocycles. The highest BCUT2D eigenvalue weighted by Gasteiger charge is 2.31. The number of nitrogens with one attached hydrogen (secondary N) is 1. The third-order valence-corrected chi connectivity index (χ3v) is 4.51. The number of piperidine rings is 1. The highest BCUT2D eigenvalue weighted by atomic mass is 16.4. The Morgan fingerprint density at radius 2 is 1.73 bits per heavy atom. The normalized spacial score (nSPS) is 18.4. The summed E-state index contributed by atoms with van der Waals surface area (Å²) in [4.78, 5) is 25.2. The molecule has 0 radical (unpaired) electrons. The van der Waals surface area contributed by atoms with Crippen LogP contribution in [0.1, 0.15) is 60.3 Å². The standard InChI is InChI=1S/C17H32N2O3/c1-12(2)6-7-14(17(3,4)5)18-16(22)19-10-8-13(9-11-19)15(20)21/h12-14H,6-11H2,1-5H3,(H,18,22)(H,20,21). The van der Waals surface area contributed by atoms with Gasteiger partial charge in [0, 0.05) is 19.1 Å². The van der Waals surface area contributed by atoms with Crippen LogP contribution in [0.4, 0.5) is 4.79 Å². The summed E-state index contributed by atoms with van der Waals surface area (Å²) in [5.74, 6) is -0.430. The number of carboxylic acid groups (broad SMARTS) is 1. The first kappa shape index (κ1) is 18.8. The van der Waals surface area contributed by atoms with Crippen LogP contribution in [0, 0.1) is 17.3 Å². The number of amides is 2. The van der Waals surface area contributed by atoms with Crippen LogP contribution in [0.5, 0.6) is 0 Å². The maximum atomic E-state index is 12.4. The summed E-state index contributed by atoms with van der Waals surface area (Å²) >= 11 is 0. The van der Waals surface area contributed by atoms with Crippen molar-refractivity contribution in [3.8, 4) is 0 Å². The van der Waals surface area contributed by atoms with Gasteiger partial charge < -0.3 is 15.3 Å². The lowest BCUT2D eigenvalue weighted by atomic mass is 9.83. The Hall–Kier alpha value is -1.26. The zero-order chi connectivity index (χ0) is 16.9. The monoisotopic (exact) mass is 312 g/mol. The molecule has 1 atom stereocenters. The molecule has 128 valence electrons. The van der Waals surface area contributed by atoms with Gasteiger partial charge in [0.1, 0.15) is 0 Å². The summed E-state index contributed by atoms with van der Waals surface area (Å²) in [5.41, 5.74) is 0.0178. The molecule has 5 heteroatoms. The zero-order valence-corrected chi connectivity index (χ0v) is 14.7. The van der Waals surface area contributed by atoms with Crippen molar-refractivity contribution in [2.24, 2.45) is 17.3 Å². The van der Waals surface area contributed by atoms with Crippen LogP contribution in [0.3, 0.4) is 0 Å². The fraction of sp³-hybridized carbons (Fsp3) is 0.882. The number of rotatable bonds is 5. The lowest BCUT2D eigenvalue weighted by molar-refractivity contribution is -0.143. The molecular weight excluding hydrogens is 280 g/mol. The van der Waals surface area contributed by atoms with Crippen LogP contribution in [-0.2, 0) is 4.79 Å². The van der Waals surface area contributed by atoms with E-state index >= 15 is 0 Å². The molecule has 0 spiro atoms. The van der Waals surface area contributed by atoms with Gasteiger partial charge in [-0.05, 0) is 37.0 Å². The van der Waals surface area contributed by atoms with Gasteiger partial charge in [-0.2, -0.15) is 0 Å². The molecular formula is C17H32N2O3. The van der Waals surface area contributed by atoms with Gasteiger partial charge in [-0.1, -0.05) is 34.6 Å². The number of nitrogens with zero attached hydrogens (tertiary/aromatic N) is 1. The molecule has 0 aromatic carbocycles. The van der Waals surface area contributed by atoms with Gasteiger partial charge >= 0.3 is 12.0 Å². The molecule has 1 aliphatic heterocycles. The maximum Gasteiger partial charge on any atom is 0.317 e. The van der Waals surface area contributed by atoms with E-state index in [1.807, 2.05) is 0 Å². The van der Waals surface area contributed by atoms with Crippen molar-refractivity contribution in [3.05, 3.63) is 0 Å². The molecule has 2 amide bonds. The maximum absolute atomic E-state index is 12.4. The van der Waals surface area contributed by atoms with Crippen LogP contribution in [0.25, 0.3) is 0 Å². The zero-order valence-electron chi connectivity index (χ0n) is 14.7. The second kappa shape index (κ2) is 7.84. The third kappa shape index (κ3) is 5.85. The van der Waals surface area contributed by atoms with E-state index in [2.05, 4.69) is 39.9 Å². The Bertz CT molecular complexity index is 380. The van der Waals surface area contributed by atoms with Crippen LogP contribution in [-0.4, -0.2) is 41.1 Å². The van der Waals surface area contributed by atoms with Gasteiger partial charge in [0.05, 0.1) is 5.92 Å². The van der Waals surface area contributed by atoms with Gasteiger partial charge in [-0.25, -0.2) is 4.79 Å². The summed E-state index contributed by atoms with van der Waals surface area (Å²) in [7, 11) is 0. The Labute approximate surface area is 134 Å². The van der Waals surface area contributed by atoms with E-state index in [9.17, 15) is 9.59 Å². The minimum Gasteiger partial charge on any atom is -0.481 e. The largest absolute Gasteiger partial charge is 0.481 e. The van der Waals surface area contributed by atoms with Crippen molar-refractivity contribution in [1.29, 1.82) is 0 Å². The first-order chi connectivity index (χ1) is 10.1. The van der Waals surface area contributed by atoms with Crippen LogP contribution < -0.4 is 5.32 Å². The Balaban J connectivity index is 2.55. The van der Waals surface area contributed by atoms with Gasteiger partial charge in [0.25, 0.3) is 0 Å². The fourth-order valence-corrected chi connectivity index (χ4v) is 2.79. The van der Waals surface area contributed by atoms with Gasteiger partial charge in [0.15, 0.2) is 0 Å². The Kier molecular flexibility index (Phi) is 6.69. The minimum absolute atomic E-state index is 0.0178. The summed E-state index contributed by atoms with van der Waals surface area (Å²) in [5, 5.41) is 12.2. The number of carbonyl (C=O) groups is 2. The lowest BCUT2D eigenvalue weighted by Crippen LogP contribution is -2.51. The molecule has 0 aliphatic carbocycles. The molecule has 1 fully saturated rings. The predicted molar refractivity (Wildman–Crippen MR) is 87.8 cm³/mol. The number of urea groups is 1. The fourth-order valence-electron chi connectivity index (χ4n) is 2.79. The van der Waals surface area contributed by atoms with Crippen molar-refractivity contribution in [2.75, 3.05) is 13.1 Å². The van der Waals surface area contributed by atoms with Crippen molar-refractivity contribution >= 4 is 12.0 Å². The second-order valence-corrected chi connectivity index (χ2v) is 7.94. The second-order valence-electron chi connectivity index (χ2n) is 7.94. The minimum atomic E-state index is -0.746. The average molecular weight is 312 g/mol. The SMILES string of the molecule is CC(C)CCC(NC(=O)N1CCC(C(=O)O)CC1)C(C)(C)C. The first-order valence-corrected chi connectivity index (χ1v) is 8.39. The van der Waals surface area contributed by atoms with E-state index in [4.69, 9.17) is 5.11 Å². The third-order valence-electron chi connectivity index (χ3n) is 4.51. The smallest absolute Gasteiger partial charge is 0.317 e. The van der Waals surface area contributed by atoms with E-state index in [0.717, 1.165) is 12.8 Å². The van der Waals surface area contributed by atoms with E-state index in [-0.39, 0.29) is 23.4 Å². The highest BCUT2D eigenvalue weighted by Crippen LogP contribution is 2.25. The van der Waals surface area contributed by atoms with E-state index < -0.39 is 5.97 Å². The number of carboxylic acids is 1. The molecule has 0 aromatic rings. The molecule has 0 saturated carbocycles. The number of carbonyl (C=O) groups excluding carboxylic acids is 1. The van der Waals surface area contributed by atoms with E-state index in [0.29, 0.717) is 31.8 Å². The topological polar surface area (TPSA) is 69.6 Å².